The highest BCUT2D eigenvalue weighted by Gasteiger charge is 2.37. The lowest BCUT2D eigenvalue weighted by atomic mass is 10.1. The second-order valence-electron chi connectivity index (χ2n) is 5.81. The number of hydrogen-bond donors (Lipinski definition) is 3. The first-order valence-corrected chi connectivity index (χ1v) is 7.54. The van der Waals surface area contributed by atoms with Crippen LogP contribution in [0.3, 0.4) is 0 Å². The van der Waals surface area contributed by atoms with E-state index in [4.69, 9.17) is 5.11 Å². The summed E-state index contributed by atoms with van der Waals surface area (Å²) in [5.74, 6) is -1.47. The Morgan fingerprint density at radius 1 is 1.43 bits per heavy atom. The highest BCUT2D eigenvalue weighted by atomic mass is 16.4. The number of carboxylic acid groups (broad SMARTS) is 1. The van der Waals surface area contributed by atoms with Gasteiger partial charge in [-0.3, -0.25) is 19.3 Å². The SMILES string of the molecule is CC(C(=O)NC1CCCC1)N1CCNC(=O)C1CC(=O)O. The van der Waals surface area contributed by atoms with E-state index in [1.165, 1.54) is 0 Å². The van der Waals surface area contributed by atoms with Crippen molar-refractivity contribution in [2.45, 2.75) is 57.2 Å². The third kappa shape index (κ3) is 3.93. The Bertz CT molecular complexity index is 420. The van der Waals surface area contributed by atoms with Gasteiger partial charge in [-0.2, -0.15) is 0 Å². The topological polar surface area (TPSA) is 98.7 Å². The van der Waals surface area contributed by atoms with Crippen LogP contribution in [-0.2, 0) is 14.4 Å². The van der Waals surface area contributed by atoms with E-state index in [0.29, 0.717) is 13.1 Å². The van der Waals surface area contributed by atoms with Gasteiger partial charge in [0.1, 0.15) is 6.04 Å². The smallest absolute Gasteiger partial charge is 0.305 e. The summed E-state index contributed by atoms with van der Waals surface area (Å²) in [6.07, 6.45) is 3.97. The number of carbonyl (C=O) groups excluding carboxylic acids is 2. The summed E-state index contributed by atoms with van der Waals surface area (Å²) in [6.45, 7) is 2.66. The zero-order chi connectivity index (χ0) is 15.4. The first kappa shape index (κ1) is 15.8. The Hall–Kier alpha value is -1.63. The third-order valence-electron chi connectivity index (χ3n) is 4.32. The molecule has 0 spiro atoms. The molecule has 7 nitrogen and oxygen atoms in total. The molecule has 3 N–H and O–H groups in total. The monoisotopic (exact) mass is 297 g/mol. The molecule has 0 aromatic heterocycles. The molecule has 1 saturated carbocycles. The molecule has 0 bridgehead atoms. The number of nitrogens with zero attached hydrogens (tertiary/aromatic N) is 1. The second-order valence-corrected chi connectivity index (χ2v) is 5.81. The standard InChI is InChI=1S/C14H23N3O4/c1-9(13(20)16-10-4-2-3-5-10)17-7-6-15-14(21)11(17)8-12(18)19/h9-11H,2-8H2,1H3,(H,15,21)(H,16,20)(H,18,19). The van der Waals surface area contributed by atoms with Crippen LogP contribution in [0.2, 0.25) is 0 Å². The molecule has 1 aliphatic carbocycles. The van der Waals surface area contributed by atoms with Gasteiger partial charge in [-0.15, -0.1) is 0 Å². The number of rotatable bonds is 5. The van der Waals surface area contributed by atoms with Crippen LogP contribution in [0.1, 0.15) is 39.0 Å². The van der Waals surface area contributed by atoms with Crippen molar-refractivity contribution in [2.75, 3.05) is 13.1 Å². The van der Waals surface area contributed by atoms with Gasteiger partial charge in [0.2, 0.25) is 11.8 Å². The van der Waals surface area contributed by atoms with E-state index in [2.05, 4.69) is 10.6 Å². The lowest BCUT2D eigenvalue weighted by Gasteiger charge is -2.38. The Balaban J connectivity index is 1.99. The molecule has 2 unspecified atom stereocenters. The van der Waals surface area contributed by atoms with E-state index in [-0.39, 0.29) is 24.3 Å². The molecule has 21 heavy (non-hydrogen) atoms. The number of nitrogens with one attached hydrogen (secondary N) is 2. The zero-order valence-corrected chi connectivity index (χ0v) is 12.3. The first-order valence-electron chi connectivity index (χ1n) is 7.54. The lowest BCUT2D eigenvalue weighted by Crippen LogP contribution is -2.61. The molecular weight excluding hydrogens is 274 g/mol. The lowest BCUT2D eigenvalue weighted by molar-refractivity contribution is -0.145. The van der Waals surface area contributed by atoms with Crippen LogP contribution in [-0.4, -0.2) is 59.0 Å². The van der Waals surface area contributed by atoms with Crippen molar-refractivity contribution >= 4 is 17.8 Å². The molecule has 1 heterocycles. The van der Waals surface area contributed by atoms with Gasteiger partial charge in [-0.25, -0.2) is 0 Å². The Kier molecular flexibility index (Phi) is 5.17. The minimum atomic E-state index is -1.04. The number of carbonyl (C=O) groups is 3. The van der Waals surface area contributed by atoms with E-state index in [1.54, 1.807) is 11.8 Å². The van der Waals surface area contributed by atoms with Crippen molar-refractivity contribution in [2.24, 2.45) is 0 Å². The summed E-state index contributed by atoms with van der Waals surface area (Å²) in [5.41, 5.74) is 0. The second kappa shape index (κ2) is 6.89. The maximum absolute atomic E-state index is 12.3. The maximum atomic E-state index is 12.3. The van der Waals surface area contributed by atoms with E-state index in [1.807, 2.05) is 0 Å². The van der Waals surface area contributed by atoms with E-state index < -0.39 is 18.1 Å². The molecule has 2 fully saturated rings. The molecule has 2 aliphatic rings. The Morgan fingerprint density at radius 3 is 2.71 bits per heavy atom. The molecule has 0 aromatic rings. The van der Waals surface area contributed by atoms with Crippen LogP contribution in [0.4, 0.5) is 0 Å². The molecule has 118 valence electrons. The van der Waals surface area contributed by atoms with Crippen LogP contribution in [0.15, 0.2) is 0 Å². The molecular formula is C14H23N3O4. The molecule has 2 rings (SSSR count). The number of carboxylic acids is 1. The van der Waals surface area contributed by atoms with Crippen molar-refractivity contribution in [1.82, 2.24) is 15.5 Å². The van der Waals surface area contributed by atoms with Gasteiger partial charge in [-0.1, -0.05) is 12.8 Å². The molecule has 7 heteroatoms. The first-order chi connectivity index (χ1) is 9.99. The largest absolute Gasteiger partial charge is 0.481 e. The van der Waals surface area contributed by atoms with Crippen molar-refractivity contribution in [3.63, 3.8) is 0 Å². The molecule has 0 aromatic carbocycles. The fourth-order valence-corrected chi connectivity index (χ4v) is 3.11. The predicted octanol–water partition coefficient (Wildman–Crippen LogP) is -0.291. The zero-order valence-electron chi connectivity index (χ0n) is 12.3. The van der Waals surface area contributed by atoms with Crippen LogP contribution in [0.5, 0.6) is 0 Å². The van der Waals surface area contributed by atoms with Crippen molar-refractivity contribution in [3.05, 3.63) is 0 Å². The van der Waals surface area contributed by atoms with Crippen LogP contribution in [0.25, 0.3) is 0 Å². The highest BCUT2D eigenvalue weighted by molar-refractivity contribution is 5.88. The van der Waals surface area contributed by atoms with Crippen molar-refractivity contribution in [1.29, 1.82) is 0 Å². The Labute approximate surface area is 124 Å². The molecule has 0 radical (unpaired) electrons. The van der Waals surface area contributed by atoms with Crippen molar-refractivity contribution < 1.29 is 19.5 Å². The van der Waals surface area contributed by atoms with Gasteiger partial charge in [-0.05, 0) is 19.8 Å². The average Bonchev–Trinajstić information content (AvgIpc) is 2.92. The van der Waals surface area contributed by atoms with Gasteiger partial charge in [0, 0.05) is 19.1 Å². The third-order valence-corrected chi connectivity index (χ3v) is 4.32. The number of aliphatic carboxylic acids is 1. The highest BCUT2D eigenvalue weighted by Crippen LogP contribution is 2.19. The van der Waals surface area contributed by atoms with Gasteiger partial charge in [0.05, 0.1) is 12.5 Å². The number of hydrogen-bond acceptors (Lipinski definition) is 4. The molecule has 2 amide bonds. The summed E-state index contributed by atoms with van der Waals surface area (Å²) in [4.78, 5) is 36.8. The molecule has 1 saturated heterocycles. The summed E-state index contributed by atoms with van der Waals surface area (Å²) in [6, 6.07) is -1.06. The maximum Gasteiger partial charge on any atom is 0.305 e. The van der Waals surface area contributed by atoms with E-state index in [9.17, 15) is 14.4 Å². The number of amides is 2. The minimum absolute atomic E-state index is 0.119. The average molecular weight is 297 g/mol. The summed E-state index contributed by atoms with van der Waals surface area (Å²) < 4.78 is 0. The summed E-state index contributed by atoms with van der Waals surface area (Å²) >= 11 is 0. The predicted molar refractivity (Wildman–Crippen MR) is 75.6 cm³/mol. The van der Waals surface area contributed by atoms with Gasteiger partial charge < -0.3 is 15.7 Å². The molecule has 2 atom stereocenters. The number of piperazine rings is 1. The Morgan fingerprint density at radius 2 is 2.10 bits per heavy atom. The van der Waals surface area contributed by atoms with E-state index >= 15 is 0 Å². The van der Waals surface area contributed by atoms with E-state index in [0.717, 1.165) is 25.7 Å². The van der Waals surface area contributed by atoms with Gasteiger partial charge in [0.15, 0.2) is 0 Å². The summed E-state index contributed by atoms with van der Waals surface area (Å²) in [7, 11) is 0. The fourth-order valence-electron chi connectivity index (χ4n) is 3.11. The van der Waals surface area contributed by atoms with Crippen LogP contribution >= 0.6 is 0 Å². The minimum Gasteiger partial charge on any atom is -0.481 e. The quantitative estimate of drug-likeness (QED) is 0.647. The van der Waals surface area contributed by atoms with Gasteiger partial charge >= 0.3 is 5.97 Å². The van der Waals surface area contributed by atoms with Gasteiger partial charge in [0.25, 0.3) is 0 Å². The van der Waals surface area contributed by atoms with Crippen LogP contribution < -0.4 is 10.6 Å². The summed E-state index contributed by atoms with van der Waals surface area (Å²) in [5, 5.41) is 14.6. The normalized spacial score (nSPS) is 25.4. The van der Waals surface area contributed by atoms with Crippen molar-refractivity contribution in [3.8, 4) is 0 Å². The molecule has 1 aliphatic heterocycles. The van der Waals surface area contributed by atoms with Crippen LogP contribution in [0, 0.1) is 0 Å². The fraction of sp³-hybridized carbons (Fsp3) is 0.786.